The van der Waals surface area contributed by atoms with Gasteiger partial charge in [-0.2, -0.15) is 8.42 Å². The van der Waals surface area contributed by atoms with Crippen LogP contribution in [0.25, 0.3) is 10.2 Å². The van der Waals surface area contributed by atoms with E-state index in [2.05, 4.69) is 4.40 Å². The maximum atomic E-state index is 13.1. The number of benzene rings is 2. The van der Waals surface area contributed by atoms with E-state index < -0.39 is 21.8 Å². The Bertz CT molecular complexity index is 1210. The van der Waals surface area contributed by atoms with Crippen molar-refractivity contribution < 1.29 is 22.3 Å². The van der Waals surface area contributed by atoms with Crippen molar-refractivity contribution in [1.29, 1.82) is 0 Å². The van der Waals surface area contributed by atoms with Crippen molar-refractivity contribution >= 4 is 37.5 Å². The molecule has 0 N–H and O–H groups in total. The van der Waals surface area contributed by atoms with Gasteiger partial charge in [-0.15, -0.1) is 4.40 Å². The van der Waals surface area contributed by atoms with Crippen LogP contribution < -0.4 is 4.80 Å². The third-order valence-electron chi connectivity index (χ3n) is 4.02. The molecule has 0 saturated heterocycles. The molecule has 1 heterocycles. The first kappa shape index (κ1) is 20.2. The third-order valence-corrected chi connectivity index (χ3v) is 6.64. The summed E-state index contributed by atoms with van der Waals surface area (Å²) in [6, 6.07) is 8.30. The molecule has 3 aromatic rings. The molecule has 0 aliphatic carbocycles. The molecule has 0 spiro atoms. The fraction of sp³-hybridized carbons (Fsp3) is 0.263. The van der Waals surface area contributed by atoms with E-state index in [1.807, 2.05) is 26.0 Å². The predicted octanol–water partition coefficient (Wildman–Crippen LogP) is 3.31. The molecule has 1 aromatic heterocycles. The Kier molecular flexibility index (Phi) is 5.66. The summed E-state index contributed by atoms with van der Waals surface area (Å²) in [4.78, 5) is 12.1. The van der Waals surface area contributed by atoms with Crippen LogP contribution >= 0.6 is 11.3 Å². The minimum Gasteiger partial charge on any atom is -0.465 e. The van der Waals surface area contributed by atoms with E-state index in [1.54, 1.807) is 11.5 Å². The number of nitrogens with zero attached hydrogens (tertiary/aromatic N) is 2. The largest absolute Gasteiger partial charge is 0.465 e. The molecule has 0 unspecified atom stereocenters. The van der Waals surface area contributed by atoms with Gasteiger partial charge in [0.05, 0.1) is 21.7 Å². The Morgan fingerprint density at radius 2 is 1.89 bits per heavy atom. The number of carbonyl (C=O) groups is 1. The molecule has 28 heavy (non-hydrogen) atoms. The standard InChI is InChI=1S/C19H19FN2O4S2/c1-4-26-17(23)11-22-16-10-12(2)9-13(3)18(16)27-19(22)21-28(24,25)15-7-5-14(20)6-8-15/h5-10H,4,11H2,1-3H3/b21-19-. The lowest BCUT2D eigenvalue weighted by Crippen LogP contribution is -2.23. The minimum atomic E-state index is -4.08. The average Bonchev–Trinajstić information content (AvgIpc) is 2.93. The summed E-state index contributed by atoms with van der Waals surface area (Å²) in [5.41, 5.74) is 2.65. The highest BCUT2D eigenvalue weighted by atomic mass is 32.2. The van der Waals surface area contributed by atoms with E-state index in [9.17, 15) is 17.6 Å². The summed E-state index contributed by atoms with van der Waals surface area (Å²) in [6.07, 6.45) is 0. The number of ether oxygens (including phenoxy) is 1. The van der Waals surface area contributed by atoms with E-state index >= 15 is 0 Å². The van der Waals surface area contributed by atoms with Crippen molar-refractivity contribution in [3.8, 4) is 0 Å². The Balaban J connectivity index is 2.24. The second-order valence-corrected chi connectivity index (χ2v) is 8.81. The summed E-state index contributed by atoms with van der Waals surface area (Å²) < 4.78 is 49.8. The van der Waals surface area contributed by atoms with Crippen LogP contribution in [0.1, 0.15) is 18.1 Å². The van der Waals surface area contributed by atoms with Gasteiger partial charge in [0.1, 0.15) is 12.4 Å². The number of halogens is 1. The fourth-order valence-electron chi connectivity index (χ4n) is 2.83. The van der Waals surface area contributed by atoms with Crippen LogP contribution in [-0.2, 0) is 26.1 Å². The lowest BCUT2D eigenvalue weighted by molar-refractivity contribution is -0.143. The van der Waals surface area contributed by atoms with Crippen molar-refractivity contribution in [2.75, 3.05) is 6.61 Å². The van der Waals surface area contributed by atoms with Crippen molar-refractivity contribution in [3.05, 3.63) is 58.1 Å². The zero-order chi connectivity index (χ0) is 20.5. The molecular weight excluding hydrogens is 403 g/mol. The highest BCUT2D eigenvalue weighted by Gasteiger charge is 2.17. The van der Waals surface area contributed by atoms with Crippen LogP contribution in [0, 0.1) is 19.7 Å². The van der Waals surface area contributed by atoms with Gasteiger partial charge in [0.15, 0.2) is 0 Å². The summed E-state index contributed by atoms with van der Waals surface area (Å²) >= 11 is 1.18. The molecule has 0 aliphatic heterocycles. The van der Waals surface area contributed by atoms with Gasteiger partial charge in [0.25, 0.3) is 10.0 Å². The number of carbonyl (C=O) groups excluding carboxylic acids is 1. The number of aryl methyl sites for hydroxylation is 2. The maximum Gasteiger partial charge on any atom is 0.326 e. The third kappa shape index (κ3) is 4.15. The quantitative estimate of drug-likeness (QED) is 0.591. The van der Waals surface area contributed by atoms with E-state index in [4.69, 9.17) is 4.74 Å². The number of fused-ring (bicyclic) bond motifs is 1. The number of sulfonamides is 1. The molecule has 0 radical (unpaired) electrons. The first-order valence-electron chi connectivity index (χ1n) is 8.54. The van der Waals surface area contributed by atoms with Crippen LogP contribution in [0.15, 0.2) is 45.7 Å². The zero-order valence-electron chi connectivity index (χ0n) is 15.6. The highest BCUT2D eigenvalue weighted by molar-refractivity contribution is 7.90. The smallest absolute Gasteiger partial charge is 0.326 e. The summed E-state index contributed by atoms with van der Waals surface area (Å²) in [5.74, 6) is -1.02. The van der Waals surface area contributed by atoms with Crippen molar-refractivity contribution in [1.82, 2.24) is 4.57 Å². The SMILES string of the molecule is CCOC(=O)Cn1/c(=N/S(=O)(=O)c2ccc(F)cc2)sc2c(C)cc(C)cc21. The number of rotatable bonds is 5. The number of hydrogen-bond donors (Lipinski definition) is 0. The molecule has 3 rings (SSSR count). The molecular formula is C19H19FN2O4S2. The zero-order valence-corrected chi connectivity index (χ0v) is 17.2. The molecule has 0 amide bonds. The first-order chi connectivity index (χ1) is 13.2. The minimum absolute atomic E-state index is 0.123. The predicted molar refractivity (Wildman–Crippen MR) is 105 cm³/mol. The monoisotopic (exact) mass is 422 g/mol. The Morgan fingerprint density at radius 3 is 2.54 bits per heavy atom. The second-order valence-electron chi connectivity index (χ2n) is 6.23. The number of esters is 1. The number of hydrogen-bond acceptors (Lipinski definition) is 5. The number of aromatic nitrogens is 1. The van der Waals surface area contributed by atoms with E-state index in [-0.39, 0.29) is 22.8 Å². The molecule has 0 saturated carbocycles. The van der Waals surface area contributed by atoms with Gasteiger partial charge in [-0.05, 0) is 62.2 Å². The van der Waals surface area contributed by atoms with Crippen molar-refractivity contribution in [2.45, 2.75) is 32.2 Å². The molecule has 148 valence electrons. The normalized spacial score (nSPS) is 12.5. The molecule has 6 nitrogen and oxygen atoms in total. The molecule has 9 heteroatoms. The van der Waals surface area contributed by atoms with Gasteiger partial charge in [0.2, 0.25) is 4.80 Å². The van der Waals surface area contributed by atoms with Crippen LogP contribution in [0.4, 0.5) is 4.39 Å². The summed E-state index contributed by atoms with van der Waals surface area (Å²) in [5, 5.41) is 0. The van der Waals surface area contributed by atoms with Crippen LogP contribution in [0.3, 0.4) is 0 Å². The Labute approximate surface area is 166 Å². The molecule has 0 bridgehead atoms. The summed E-state index contributed by atoms with van der Waals surface area (Å²) in [7, 11) is -4.08. The van der Waals surface area contributed by atoms with E-state index in [0.717, 1.165) is 40.1 Å². The lowest BCUT2D eigenvalue weighted by atomic mass is 10.1. The van der Waals surface area contributed by atoms with E-state index in [1.165, 1.54) is 11.3 Å². The lowest BCUT2D eigenvalue weighted by Gasteiger charge is -2.06. The van der Waals surface area contributed by atoms with Crippen LogP contribution in [-0.4, -0.2) is 25.6 Å². The van der Waals surface area contributed by atoms with E-state index in [0.29, 0.717) is 5.52 Å². The van der Waals surface area contributed by atoms with Crippen LogP contribution in [0.5, 0.6) is 0 Å². The molecule has 0 aliphatic rings. The summed E-state index contributed by atoms with van der Waals surface area (Å²) in [6.45, 7) is 5.60. The topological polar surface area (TPSA) is 77.7 Å². The van der Waals surface area contributed by atoms with Gasteiger partial charge < -0.3 is 9.30 Å². The second kappa shape index (κ2) is 7.84. The molecule has 0 atom stereocenters. The maximum absolute atomic E-state index is 13.1. The van der Waals surface area contributed by atoms with Crippen molar-refractivity contribution in [3.63, 3.8) is 0 Å². The average molecular weight is 423 g/mol. The molecule has 0 fully saturated rings. The fourth-order valence-corrected chi connectivity index (χ4v) is 5.12. The molecule has 2 aromatic carbocycles. The van der Waals surface area contributed by atoms with Crippen molar-refractivity contribution in [2.24, 2.45) is 4.40 Å². The number of thiazole rings is 1. The van der Waals surface area contributed by atoms with Gasteiger partial charge in [-0.25, -0.2) is 4.39 Å². The van der Waals surface area contributed by atoms with Gasteiger partial charge in [-0.3, -0.25) is 4.79 Å². The van der Waals surface area contributed by atoms with Gasteiger partial charge in [0, 0.05) is 0 Å². The first-order valence-corrected chi connectivity index (χ1v) is 10.8. The van der Waals surface area contributed by atoms with Gasteiger partial charge in [-0.1, -0.05) is 17.4 Å². The van der Waals surface area contributed by atoms with Crippen LogP contribution in [0.2, 0.25) is 0 Å². The highest BCUT2D eigenvalue weighted by Crippen LogP contribution is 2.24. The van der Waals surface area contributed by atoms with Gasteiger partial charge >= 0.3 is 5.97 Å². The Hall–Kier alpha value is -2.52. The Morgan fingerprint density at radius 1 is 1.21 bits per heavy atom.